The van der Waals surface area contributed by atoms with Crippen molar-refractivity contribution in [1.29, 1.82) is 0 Å². The van der Waals surface area contributed by atoms with Crippen LogP contribution in [0.2, 0.25) is 0 Å². The Labute approximate surface area is 162 Å². The Morgan fingerprint density at radius 3 is 2.48 bits per heavy atom. The average Bonchev–Trinajstić information content (AvgIpc) is 2.89. The number of sulfone groups is 1. The molecule has 1 amide bonds. The zero-order valence-corrected chi connectivity index (χ0v) is 16.7. The molecule has 6 heteroatoms. The van der Waals surface area contributed by atoms with Crippen LogP contribution < -0.4 is 0 Å². The summed E-state index contributed by atoms with van der Waals surface area (Å²) in [5.74, 6) is 0.600. The average molecular weight is 389 g/mol. The van der Waals surface area contributed by atoms with Gasteiger partial charge in [-0.15, -0.1) is 0 Å². The molecule has 3 aliphatic rings. The smallest absolute Gasteiger partial charge is 0.226 e. The highest BCUT2D eigenvalue weighted by molar-refractivity contribution is 7.91. The fourth-order valence-corrected chi connectivity index (χ4v) is 6.60. The second-order valence-corrected chi connectivity index (χ2v) is 10.4. The van der Waals surface area contributed by atoms with Crippen LogP contribution in [0.3, 0.4) is 0 Å². The Morgan fingerprint density at radius 1 is 1.11 bits per heavy atom. The maximum Gasteiger partial charge on any atom is 0.226 e. The van der Waals surface area contributed by atoms with Crippen molar-refractivity contribution >= 4 is 21.8 Å². The van der Waals surface area contributed by atoms with E-state index in [2.05, 4.69) is 30.0 Å². The van der Waals surface area contributed by atoms with E-state index in [9.17, 15) is 13.2 Å². The maximum atomic E-state index is 12.8. The molecule has 1 saturated carbocycles. The molecule has 146 valence electrons. The number of benzene rings is 1. The first-order chi connectivity index (χ1) is 12.9. The lowest BCUT2D eigenvalue weighted by Crippen LogP contribution is -2.62. The molecule has 1 aromatic rings. The zero-order chi connectivity index (χ0) is 19.0. The van der Waals surface area contributed by atoms with Crippen LogP contribution in [-0.4, -0.2) is 67.3 Å². The third-order valence-electron chi connectivity index (χ3n) is 6.19. The summed E-state index contributed by atoms with van der Waals surface area (Å²) in [4.78, 5) is 17.0. The summed E-state index contributed by atoms with van der Waals surface area (Å²) in [6, 6.07) is 9.92. The summed E-state index contributed by atoms with van der Waals surface area (Å²) in [7, 11) is -3.09. The van der Waals surface area contributed by atoms with E-state index in [1.807, 2.05) is 23.1 Å². The van der Waals surface area contributed by atoms with Crippen molar-refractivity contribution in [3.63, 3.8) is 0 Å². The van der Waals surface area contributed by atoms with Crippen LogP contribution in [0.25, 0.3) is 6.08 Å². The largest absolute Gasteiger partial charge is 0.336 e. The van der Waals surface area contributed by atoms with Gasteiger partial charge in [-0.05, 0) is 25.3 Å². The topological polar surface area (TPSA) is 57.7 Å². The van der Waals surface area contributed by atoms with Gasteiger partial charge in [-0.2, -0.15) is 0 Å². The number of carbonyl (C=O) groups excluding carboxylic acids is 1. The molecular weight excluding hydrogens is 360 g/mol. The van der Waals surface area contributed by atoms with Crippen LogP contribution in [0.15, 0.2) is 35.9 Å². The van der Waals surface area contributed by atoms with Crippen LogP contribution in [0.4, 0.5) is 0 Å². The molecule has 2 atom stereocenters. The van der Waals surface area contributed by atoms with Crippen molar-refractivity contribution < 1.29 is 13.2 Å². The van der Waals surface area contributed by atoms with E-state index >= 15 is 0 Å². The SMILES string of the molecule is C/C(=C\c1ccccc1)CN1CCN(C(=O)C2CCC2)[C@@H]2CS(=O)(=O)C[C@@H]21. The Balaban J connectivity index is 1.50. The van der Waals surface area contributed by atoms with Gasteiger partial charge in [0.1, 0.15) is 0 Å². The molecule has 2 aliphatic heterocycles. The number of amides is 1. The Morgan fingerprint density at radius 2 is 1.81 bits per heavy atom. The molecule has 0 aromatic heterocycles. The number of carbonyl (C=O) groups is 1. The summed E-state index contributed by atoms with van der Waals surface area (Å²) >= 11 is 0. The van der Waals surface area contributed by atoms with Crippen LogP contribution in [-0.2, 0) is 14.6 Å². The molecule has 0 spiro atoms. The van der Waals surface area contributed by atoms with Gasteiger partial charge in [0.25, 0.3) is 0 Å². The molecular formula is C21H28N2O3S. The van der Waals surface area contributed by atoms with Gasteiger partial charge in [-0.3, -0.25) is 9.69 Å². The van der Waals surface area contributed by atoms with Crippen LogP contribution in [0.1, 0.15) is 31.7 Å². The minimum Gasteiger partial charge on any atom is -0.336 e. The molecule has 0 radical (unpaired) electrons. The van der Waals surface area contributed by atoms with E-state index in [0.717, 1.165) is 37.9 Å². The van der Waals surface area contributed by atoms with E-state index in [1.54, 1.807) is 0 Å². The molecule has 0 N–H and O–H groups in total. The highest BCUT2D eigenvalue weighted by atomic mass is 32.2. The van der Waals surface area contributed by atoms with Crippen LogP contribution in [0.5, 0.6) is 0 Å². The minimum absolute atomic E-state index is 0.0769. The molecule has 1 aliphatic carbocycles. The number of piperazine rings is 1. The van der Waals surface area contributed by atoms with Gasteiger partial charge in [-0.25, -0.2) is 8.42 Å². The lowest BCUT2D eigenvalue weighted by molar-refractivity contribution is -0.143. The van der Waals surface area contributed by atoms with Gasteiger partial charge in [0.2, 0.25) is 5.91 Å². The third-order valence-corrected chi connectivity index (χ3v) is 7.89. The molecule has 3 fully saturated rings. The highest BCUT2D eigenvalue weighted by Crippen LogP contribution is 2.33. The quantitative estimate of drug-likeness (QED) is 0.793. The Bertz CT molecular complexity index is 830. The molecule has 0 bridgehead atoms. The fourth-order valence-electron chi connectivity index (χ4n) is 4.58. The van der Waals surface area contributed by atoms with E-state index in [-0.39, 0.29) is 35.4 Å². The third kappa shape index (κ3) is 3.97. The summed E-state index contributed by atoms with van der Waals surface area (Å²) in [5.41, 5.74) is 2.37. The molecule has 2 saturated heterocycles. The van der Waals surface area contributed by atoms with Gasteiger partial charge >= 0.3 is 0 Å². The number of fused-ring (bicyclic) bond motifs is 1. The predicted molar refractivity (Wildman–Crippen MR) is 107 cm³/mol. The van der Waals surface area contributed by atoms with E-state index in [4.69, 9.17) is 0 Å². The predicted octanol–water partition coefficient (Wildman–Crippen LogP) is 2.20. The van der Waals surface area contributed by atoms with Crippen LogP contribution >= 0.6 is 0 Å². The summed E-state index contributed by atoms with van der Waals surface area (Å²) in [5, 5.41) is 0. The van der Waals surface area contributed by atoms with E-state index in [1.165, 1.54) is 5.57 Å². The van der Waals surface area contributed by atoms with Crippen molar-refractivity contribution in [2.45, 2.75) is 38.3 Å². The van der Waals surface area contributed by atoms with Gasteiger partial charge in [0.05, 0.1) is 17.5 Å². The molecule has 1 aromatic carbocycles. The number of hydrogen-bond acceptors (Lipinski definition) is 4. The Kier molecular flexibility index (Phi) is 5.12. The second kappa shape index (κ2) is 7.40. The van der Waals surface area contributed by atoms with Gasteiger partial charge in [-0.1, -0.05) is 48.4 Å². The van der Waals surface area contributed by atoms with Crippen molar-refractivity contribution in [2.24, 2.45) is 5.92 Å². The molecule has 0 unspecified atom stereocenters. The minimum atomic E-state index is -3.09. The first-order valence-corrected chi connectivity index (χ1v) is 11.7. The molecule has 5 nitrogen and oxygen atoms in total. The van der Waals surface area contributed by atoms with Crippen molar-refractivity contribution in [3.05, 3.63) is 41.5 Å². The molecule has 2 heterocycles. The molecule has 27 heavy (non-hydrogen) atoms. The van der Waals surface area contributed by atoms with Crippen LogP contribution in [0, 0.1) is 5.92 Å². The first-order valence-electron chi connectivity index (χ1n) is 9.90. The highest BCUT2D eigenvalue weighted by Gasteiger charge is 2.49. The van der Waals surface area contributed by atoms with Crippen molar-refractivity contribution in [2.75, 3.05) is 31.1 Å². The van der Waals surface area contributed by atoms with E-state index in [0.29, 0.717) is 6.54 Å². The summed E-state index contributed by atoms with van der Waals surface area (Å²) in [6.45, 7) is 4.23. The summed E-state index contributed by atoms with van der Waals surface area (Å²) < 4.78 is 24.7. The standard InChI is InChI=1S/C21H28N2O3S/c1-16(12-17-6-3-2-4-7-17)13-22-10-11-23(21(24)18-8-5-9-18)20-15-27(25,26)14-19(20)22/h2-4,6-7,12,18-20H,5,8-11,13-15H2,1H3/b16-12+/t19-,20+/m0/s1. The lowest BCUT2D eigenvalue weighted by atomic mass is 9.83. The second-order valence-electron chi connectivity index (χ2n) is 8.24. The normalized spacial score (nSPS) is 28.6. The van der Waals surface area contributed by atoms with Crippen molar-refractivity contribution in [3.8, 4) is 0 Å². The number of hydrogen-bond donors (Lipinski definition) is 0. The number of nitrogens with zero attached hydrogens (tertiary/aromatic N) is 2. The number of rotatable bonds is 4. The Hall–Kier alpha value is -1.66. The first kappa shape index (κ1) is 18.7. The van der Waals surface area contributed by atoms with Gasteiger partial charge in [0.15, 0.2) is 9.84 Å². The van der Waals surface area contributed by atoms with Gasteiger partial charge in [0, 0.05) is 31.6 Å². The fraction of sp³-hybridized carbons (Fsp3) is 0.571. The maximum absolute atomic E-state index is 12.8. The lowest BCUT2D eigenvalue weighted by Gasteiger charge is -2.46. The zero-order valence-electron chi connectivity index (χ0n) is 15.9. The van der Waals surface area contributed by atoms with Crippen molar-refractivity contribution in [1.82, 2.24) is 9.80 Å². The van der Waals surface area contributed by atoms with E-state index < -0.39 is 9.84 Å². The summed E-state index contributed by atoms with van der Waals surface area (Å²) in [6.07, 6.45) is 5.20. The monoisotopic (exact) mass is 388 g/mol. The van der Waals surface area contributed by atoms with Gasteiger partial charge < -0.3 is 4.90 Å². The molecule has 4 rings (SSSR count).